The summed E-state index contributed by atoms with van der Waals surface area (Å²) in [6.45, 7) is 3.93. The maximum absolute atomic E-state index is 10.7. The van der Waals surface area contributed by atoms with Gasteiger partial charge in [0.1, 0.15) is 11.5 Å². The highest BCUT2D eigenvalue weighted by molar-refractivity contribution is 6.30. The highest BCUT2D eigenvalue weighted by atomic mass is 35.5. The van der Waals surface area contributed by atoms with E-state index in [4.69, 9.17) is 21.4 Å². The molecule has 0 heterocycles. The number of carbonyl (C=O) groups is 1. The molecular formula is C17H15ClO3. The monoisotopic (exact) mass is 302 g/mol. The molecule has 0 amide bonds. The van der Waals surface area contributed by atoms with Crippen LogP contribution in [-0.4, -0.2) is 11.1 Å². The molecule has 2 aromatic rings. The molecule has 0 aliphatic heterocycles. The summed E-state index contributed by atoms with van der Waals surface area (Å²) < 4.78 is 5.91. The van der Waals surface area contributed by atoms with Crippen LogP contribution in [0, 0.1) is 13.8 Å². The van der Waals surface area contributed by atoms with Crippen molar-refractivity contribution in [2.45, 2.75) is 13.8 Å². The fourth-order valence-corrected chi connectivity index (χ4v) is 1.99. The van der Waals surface area contributed by atoms with Crippen LogP contribution in [-0.2, 0) is 4.79 Å². The number of aryl methyl sites for hydroxylation is 2. The minimum atomic E-state index is -1.01. The first kappa shape index (κ1) is 15.1. The second-order valence-corrected chi connectivity index (χ2v) is 5.16. The molecule has 0 aliphatic rings. The minimum Gasteiger partial charge on any atom is -0.478 e. The summed E-state index contributed by atoms with van der Waals surface area (Å²) in [5.41, 5.74) is 2.73. The lowest BCUT2D eigenvalue weighted by Crippen LogP contribution is -1.92. The lowest BCUT2D eigenvalue weighted by atomic mass is 10.1. The second-order valence-electron chi connectivity index (χ2n) is 4.72. The summed E-state index contributed by atoms with van der Waals surface area (Å²) in [6, 6.07) is 11.0. The first-order valence-corrected chi connectivity index (χ1v) is 6.79. The molecule has 108 valence electrons. The Kier molecular flexibility index (Phi) is 4.66. The molecule has 3 nitrogen and oxygen atoms in total. The zero-order valence-electron chi connectivity index (χ0n) is 11.8. The van der Waals surface area contributed by atoms with Crippen molar-refractivity contribution in [3.8, 4) is 11.5 Å². The Morgan fingerprint density at radius 2 is 1.90 bits per heavy atom. The number of carboxylic acids is 1. The number of hydrogen-bond donors (Lipinski definition) is 1. The van der Waals surface area contributed by atoms with Crippen molar-refractivity contribution >= 4 is 23.6 Å². The molecule has 21 heavy (non-hydrogen) atoms. The van der Waals surface area contributed by atoms with Gasteiger partial charge in [0, 0.05) is 22.7 Å². The van der Waals surface area contributed by atoms with Gasteiger partial charge in [-0.05, 0) is 49.2 Å². The molecule has 0 fully saturated rings. The van der Waals surface area contributed by atoms with E-state index in [0.29, 0.717) is 16.3 Å². The smallest absolute Gasteiger partial charge is 0.328 e. The van der Waals surface area contributed by atoms with Crippen LogP contribution >= 0.6 is 11.6 Å². The first-order chi connectivity index (χ1) is 9.95. The molecule has 1 N–H and O–H groups in total. The Morgan fingerprint density at radius 3 is 2.62 bits per heavy atom. The first-order valence-electron chi connectivity index (χ1n) is 6.41. The van der Waals surface area contributed by atoms with Crippen molar-refractivity contribution in [2.75, 3.05) is 0 Å². The van der Waals surface area contributed by atoms with Crippen molar-refractivity contribution in [2.24, 2.45) is 0 Å². The Labute approximate surface area is 128 Å². The van der Waals surface area contributed by atoms with Crippen LogP contribution in [0.5, 0.6) is 11.5 Å². The second kappa shape index (κ2) is 6.46. The van der Waals surface area contributed by atoms with Gasteiger partial charge in [0.2, 0.25) is 0 Å². The minimum absolute atomic E-state index is 0.522. The SMILES string of the molecule is Cc1ccc(C)c(Oc2cc(Cl)ccc2/C=C/C(=O)O)c1. The van der Waals surface area contributed by atoms with Crippen molar-refractivity contribution in [1.82, 2.24) is 0 Å². The highest BCUT2D eigenvalue weighted by Gasteiger charge is 2.07. The van der Waals surface area contributed by atoms with Gasteiger partial charge in [0.05, 0.1) is 0 Å². The van der Waals surface area contributed by atoms with Gasteiger partial charge in [0.15, 0.2) is 0 Å². The van der Waals surface area contributed by atoms with Crippen LogP contribution in [0.25, 0.3) is 6.08 Å². The number of hydrogen-bond acceptors (Lipinski definition) is 2. The number of aliphatic carboxylic acids is 1. The summed E-state index contributed by atoms with van der Waals surface area (Å²) in [5, 5.41) is 9.27. The zero-order chi connectivity index (χ0) is 15.4. The lowest BCUT2D eigenvalue weighted by molar-refractivity contribution is -0.131. The normalized spacial score (nSPS) is 10.8. The number of ether oxygens (including phenoxy) is 1. The molecule has 0 saturated carbocycles. The number of halogens is 1. The maximum Gasteiger partial charge on any atom is 0.328 e. The van der Waals surface area contributed by atoms with Gasteiger partial charge in [-0.2, -0.15) is 0 Å². The standard InChI is InChI=1S/C17H15ClO3/c1-11-3-4-12(2)15(9-11)21-16-10-14(18)7-5-13(16)6-8-17(19)20/h3-10H,1-2H3,(H,19,20)/b8-6+. The highest BCUT2D eigenvalue weighted by Crippen LogP contribution is 2.31. The summed E-state index contributed by atoms with van der Waals surface area (Å²) in [7, 11) is 0. The fraction of sp³-hybridized carbons (Fsp3) is 0.118. The van der Waals surface area contributed by atoms with Crippen molar-refractivity contribution in [3.05, 3.63) is 64.2 Å². The van der Waals surface area contributed by atoms with Gasteiger partial charge in [-0.15, -0.1) is 0 Å². The molecule has 0 unspecified atom stereocenters. The third-order valence-electron chi connectivity index (χ3n) is 2.94. The quantitative estimate of drug-likeness (QED) is 0.821. The molecule has 2 aromatic carbocycles. The van der Waals surface area contributed by atoms with E-state index in [-0.39, 0.29) is 0 Å². The van der Waals surface area contributed by atoms with E-state index >= 15 is 0 Å². The Bertz CT molecular complexity index is 705. The molecule has 0 spiro atoms. The molecule has 0 aliphatic carbocycles. The van der Waals surface area contributed by atoms with Crippen molar-refractivity contribution in [1.29, 1.82) is 0 Å². The van der Waals surface area contributed by atoms with Crippen molar-refractivity contribution < 1.29 is 14.6 Å². The van der Waals surface area contributed by atoms with E-state index in [9.17, 15) is 4.79 Å². The average molecular weight is 303 g/mol. The molecular weight excluding hydrogens is 288 g/mol. The molecule has 0 aromatic heterocycles. The van der Waals surface area contributed by atoms with Crippen molar-refractivity contribution in [3.63, 3.8) is 0 Å². The van der Waals surface area contributed by atoms with Crippen LogP contribution in [0.4, 0.5) is 0 Å². The number of benzene rings is 2. The predicted molar refractivity (Wildman–Crippen MR) is 84.1 cm³/mol. The molecule has 0 saturated heterocycles. The Hall–Kier alpha value is -2.26. The van der Waals surface area contributed by atoms with Crippen LogP contribution in [0.3, 0.4) is 0 Å². The van der Waals surface area contributed by atoms with E-state index in [1.165, 1.54) is 6.08 Å². The van der Waals surface area contributed by atoms with Gasteiger partial charge in [0.25, 0.3) is 0 Å². The predicted octanol–water partition coefficient (Wildman–Crippen LogP) is 4.85. The van der Waals surface area contributed by atoms with Gasteiger partial charge in [-0.3, -0.25) is 0 Å². The molecule has 4 heteroatoms. The van der Waals surface area contributed by atoms with E-state index in [2.05, 4.69) is 0 Å². The van der Waals surface area contributed by atoms with Crippen LogP contribution in [0.2, 0.25) is 5.02 Å². The summed E-state index contributed by atoms with van der Waals surface area (Å²) in [6.07, 6.45) is 2.55. The van der Waals surface area contributed by atoms with Gasteiger partial charge < -0.3 is 9.84 Å². The number of rotatable bonds is 4. The Morgan fingerprint density at radius 1 is 1.14 bits per heavy atom. The molecule has 0 atom stereocenters. The summed E-state index contributed by atoms with van der Waals surface area (Å²) in [4.78, 5) is 10.7. The van der Waals surface area contributed by atoms with E-state index in [1.807, 2.05) is 32.0 Å². The fourth-order valence-electron chi connectivity index (χ4n) is 1.83. The lowest BCUT2D eigenvalue weighted by Gasteiger charge is -2.12. The topological polar surface area (TPSA) is 46.5 Å². The maximum atomic E-state index is 10.7. The van der Waals surface area contributed by atoms with Gasteiger partial charge in [-0.1, -0.05) is 23.7 Å². The van der Waals surface area contributed by atoms with Gasteiger partial charge >= 0.3 is 5.97 Å². The third-order valence-corrected chi connectivity index (χ3v) is 3.18. The van der Waals surface area contributed by atoms with Crippen LogP contribution in [0.15, 0.2) is 42.5 Å². The van der Waals surface area contributed by atoms with Gasteiger partial charge in [-0.25, -0.2) is 4.79 Å². The Balaban J connectivity index is 2.40. The van der Waals surface area contributed by atoms with Crippen LogP contribution < -0.4 is 4.74 Å². The summed E-state index contributed by atoms with van der Waals surface area (Å²) >= 11 is 6.00. The van der Waals surface area contributed by atoms with Crippen LogP contribution in [0.1, 0.15) is 16.7 Å². The largest absolute Gasteiger partial charge is 0.478 e. The van der Waals surface area contributed by atoms with E-state index < -0.39 is 5.97 Å². The van der Waals surface area contributed by atoms with E-state index in [1.54, 1.807) is 18.2 Å². The van der Waals surface area contributed by atoms with E-state index in [0.717, 1.165) is 23.0 Å². The zero-order valence-corrected chi connectivity index (χ0v) is 12.5. The molecule has 2 rings (SSSR count). The third kappa shape index (κ3) is 4.10. The average Bonchev–Trinajstić information content (AvgIpc) is 2.42. The summed E-state index contributed by atoms with van der Waals surface area (Å²) in [5.74, 6) is 0.235. The number of carboxylic acid groups (broad SMARTS) is 1. The molecule has 0 bridgehead atoms. The molecule has 0 radical (unpaired) electrons.